The van der Waals surface area contributed by atoms with Crippen LogP contribution in [0.3, 0.4) is 0 Å². The van der Waals surface area contributed by atoms with Gasteiger partial charge in [0.15, 0.2) is 5.69 Å². The van der Waals surface area contributed by atoms with Crippen molar-refractivity contribution in [2.75, 3.05) is 5.32 Å². The molecule has 4 N–H and O–H groups in total. The Labute approximate surface area is 200 Å². The zero-order chi connectivity index (χ0) is 21.7. The molecule has 0 radical (unpaired) electrons. The van der Waals surface area contributed by atoms with E-state index in [1.807, 2.05) is 0 Å². The maximum atomic E-state index is 12.5. The maximum Gasteiger partial charge on any atom is 1.00 e. The number of carbonyl (C=O) groups is 2. The Kier molecular flexibility index (Phi) is 8.31. The fraction of sp³-hybridized carbons (Fsp3) is 0.150. The minimum atomic E-state index is -1.12. The molecule has 1 aromatic carbocycles. The Hall–Kier alpha value is -3.21. The molecule has 11 heteroatoms. The van der Waals surface area contributed by atoms with E-state index in [9.17, 15) is 24.6 Å². The second-order valence-electron chi connectivity index (χ2n) is 6.46. The van der Waals surface area contributed by atoms with Gasteiger partial charge in [-0.3, -0.25) is 19.6 Å². The van der Waals surface area contributed by atoms with Crippen LogP contribution in [0, 0.1) is 0 Å². The molecule has 3 aromatic rings. The predicted octanol–water partition coefficient (Wildman–Crippen LogP) is -0.998. The monoisotopic (exact) mass is 433 g/mol. The van der Waals surface area contributed by atoms with Crippen molar-refractivity contribution in [2.24, 2.45) is 7.05 Å². The molecular formula is C20H20N5NaO5. The number of nitrogens with one attached hydrogen (secondary N) is 2. The van der Waals surface area contributed by atoms with Crippen LogP contribution < -0.4 is 45.8 Å². The second kappa shape index (κ2) is 10.7. The predicted molar refractivity (Wildman–Crippen MR) is 109 cm³/mol. The van der Waals surface area contributed by atoms with Gasteiger partial charge < -0.3 is 26.8 Å². The number of amides is 2. The van der Waals surface area contributed by atoms with Crippen LogP contribution in [0.5, 0.6) is 5.75 Å². The van der Waals surface area contributed by atoms with Crippen molar-refractivity contribution in [3.63, 3.8) is 0 Å². The van der Waals surface area contributed by atoms with Gasteiger partial charge >= 0.3 is 41.6 Å². The maximum absolute atomic E-state index is 12.5. The van der Waals surface area contributed by atoms with Crippen molar-refractivity contribution in [2.45, 2.75) is 12.5 Å². The number of carbonyl (C=O) groups excluding carboxylic acids is 1. The van der Waals surface area contributed by atoms with E-state index in [1.54, 1.807) is 30.5 Å². The fourth-order valence-corrected chi connectivity index (χ4v) is 2.83. The average Bonchev–Trinajstić information content (AvgIpc) is 2.74. The van der Waals surface area contributed by atoms with Gasteiger partial charge in [0.2, 0.25) is 0 Å². The van der Waals surface area contributed by atoms with Gasteiger partial charge in [-0.05, 0) is 17.7 Å². The van der Waals surface area contributed by atoms with Gasteiger partial charge in [0.05, 0.1) is 24.4 Å². The molecule has 2 aromatic heterocycles. The summed E-state index contributed by atoms with van der Waals surface area (Å²) < 4.78 is 1.19. The summed E-state index contributed by atoms with van der Waals surface area (Å²) >= 11 is 0. The van der Waals surface area contributed by atoms with Gasteiger partial charge in [-0.2, -0.15) is 0 Å². The van der Waals surface area contributed by atoms with Crippen LogP contribution in [0.2, 0.25) is 0 Å². The minimum Gasteiger partial charge on any atom is -1.00 e. The normalized spacial score (nSPS) is 11.1. The third-order valence-electron chi connectivity index (χ3n) is 4.32. The first kappa shape index (κ1) is 24.1. The van der Waals surface area contributed by atoms with Gasteiger partial charge in [-0.15, -0.1) is 0 Å². The Morgan fingerprint density at radius 2 is 2.03 bits per heavy atom. The zero-order valence-corrected chi connectivity index (χ0v) is 18.9. The molecular weight excluding hydrogens is 413 g/mol. The number of anilines is 1. The van der Waals surface area contributed by atoms with Gasteiger partial charge in [-0.25, -0.2) is 4.79 Å². The van der Waals surface area contributed by atoms with Crippen LogP contribution in [0.4, 0.5) is 10.5 Å². The topological polar surface area (TPSA) is 146 Å². The van der Waals surface area contributed by atoms with Crippen LogP contribution in [0.25, 0.3) is 11.3 Å². The number of nitrogens with zero attached hydrogens (tertiary/aromatic N) is 3. The summed E-state index contributed by atoms with van der Waals surface area (Å²) in [6.07, 6.45) is 5.60. The van der Waals surface area contributed by atoms with Crippen molar-refractivity contribution >= 4 is 17.7 Å². The van der Waals surface area contributed by atoms with Gasteiger partial charge in [0.25, 0.3) is 5.56 Å². The number of carboxylic acid groups (broad SMARTS) is 1. The Morgan fingerprint density at radius 3 is 2.71 bits per heavy atom. The molecule has 156 valence electrons. The van der Waals surface area contributed by atoms with Crippen molar-refractivity contribution in [1.82, 2.24) is 19.9 Å². The molecule has 1 atom stereocenters. The first-order chi connectivity index (χ1) is 14.3. The number of aromatic hydroxyl groups is 1. The number of benzene rings is 1. The molecule has 2 heterocycles. The standard InChI is InChI=1S/C20H19N5O5.Na.H/c1-25-8-5-16(26)18(19(25)29)24-20(30)23-14(10-17(27)28)12-3-2-4-13(9-12)15-11-21-6-7-22-15;;/h2-9,11,14,26H,10H2,1H3,(H,27,28)(H2,23,24,30);;/q;+1;-1/t14-;;/m0../s1. The number of rotatable bonds is 6. The Balaban J connectivity index is 0.00000256. The van der Waals surface area contributed by atoms with Crippen molar-refractivity contribution in [3.05, 3.63) is 71.0 Å². The van der Waals surface area contributed by atoms with Gasteiger partial charge in [-0.1, -0.05) is 18.2 Å². The number of pyridine rings is 1. The Morgan fingerprint density at radius 1 is 1.26 bits per heavy atom. The first-order valence-corrected chi connectivity index (χ1v) is 8.89. The van der Waals surface area contributed by atoms with Crippen molar-refractivity contribution < 1.29 is 50.8 Å². The summed E-state index contributed by atoms with van der Waals surface area (Å²) in [7, 11) is 1.47. The van der Waals surface area contributed by atoms with Crippen molar-refractivity contribution in [3.8, 4) is 17.0 Å². The number of aromatic nitrogens is 3. The zero-order valence-electron chi connectivity index (χ0n) is 17.9. The quantitative estimate of drug-likeness (QED) is 0.365. The molecule has 0 spiro atoms. The number of carboxylic acids is 1. The summed E-state index contributed by atoms with van der Waals surface area (Å²) in [4.78, 5) is 44.1. The summed E-state index contributed by atoms with van der Waals surface area (Å²) in [5, 5.41) is 24.0. The van der Waals surface area contributed by atoms with Gasteiger partial charge in [0.1, 0.15) is 5.75 Å². The molecule has 0 unspecified atom stereocenters. The number of aliphatic carboxylic acids is 1. The molecule has 0 saturated heterocycles. The molecule has 2 amide bonds. The smallest absolute Gasteiger partial charge is 1.00 e. The fourth-order valence-electron chi connectivity index (χ4n) is 2.83. The van der Waals surface area contributed by atoms with Crippen LogP contribution >= 0.6 is 0 Å². The van der Waals surface area contributed by atoms with E-state index in [-0.39, 0.29) is 36.7 Å². The molecule has 0 aliphatic carbocycles. The van der Waals surface area contributed by atoms with E-state index in [0.29, 0.717) is 16.8 Å². The number of hydrogen-bond acceptors (Lipinski definition) is 6. The molecule has 31 heavy (non-hydrogen) atoms. The van der Waals surface area contributed by atoms with E-state index in [1.165, 1.54) is 36.3 Å². The molecule has 0 bridgehead atoms. The van der Waals surface area contributed by atoms with E-state index < -0.39 is 35.8 Å². The van der Waals surface area contributed by atoms with Crippen LogP contribution in [0.1, 0.15) is 19.5 Å². The van der Waals surface area contributed by atoms with Crippen molar-refractivity contribution in [1.29, 1.82) is 0 Å². The third kappa shape index (κ3) is 6.14. The van der Waals surface area contributed by atoms with Crippen LogP contribution in [-0.2, 0) is 11.8 Å². The largest absolute Gasteiger partial charge is 1.00 e. The average molecular weight is 433 g/mol. The van der Waals surface area contributed by atoms with Gasteiger partial charge in [0, 0.05) is 31.2 Å². The molecule has 0 aliphatic rings. The molecule has 10 nitrogen and oxygen atoms in total. The summed E-state index contributed by atoms with van der Waals surface area (Å²) in [5.74, 6) is -1.52. The first-order valence-electron chi connectivity index (χ1n) is 8.89. The van der Waals surface area contributed by atoms with Crippen LogP contribution in [-0.4, -0.2) is 36.7 Å². The molecule has 3 rings (SSSR count). The number of aryl methyl sites for hydroxylation is 1. The molecule has 0 aliphatic heterocycles. The van der Waals surface area contributed by atoms with Crippen LogP contribution in [0.15, 0.2) is 59.9 Å². The minimum absolute atomic E-state index is 0. The number of urea groups is 1. The summed E-state index contributed by atoms with van der Waals surface area (Å²) in [6, 6.07) is 6.42. The third-order valence-corrected chi connectivity index (χ3v) is 4.32. The number of hydrogen-bond donors (Lipinski definition) is 4. The summed E-state index contributed by atoms with van der Waals surface area (Å²) in [6.45, 7) is 0. The second-order valence-corrected chi connectivity index (χ2v) is 6.46. The van der Waals surface area contributed by atoms with E-state index in [2.05, 4.69) is 20.6 Å². The summed E-state index contributed by atoms with van der Waals surface area (Å²) in [5.41, 5.74) is 0.911. The van der Waals surface area contributed by atoms with E-state index >= 15 is 0 Å². The van der Waals surface area contributed by atoms with E-state index in [4.69, 9.17) is 0 Å². The molecule has 0 saturated carbocycles. The SMILES string of the molecule is Cn1ccc(O)c(NC(=O)N[C@@H](CC(=O)O)c2cccc(-c3cnccn3)c2)c1=O.[H-].[Na+]. The van der Waals surface area contributed by atoms with E-state index in [0.717, 1.165) is 0 Å². The Bertz CT molecular complexity index is 1140. The molecule has 0 fully saturated rings.